The molecule has 3 N–H and O–H groups in total. The van der Waals surface area contributed by atoms with Gasteiger partial charge in [0.2, 0.25) is 0 Å². The molecule has 1 unspecified atom stereocenters. The number of hydrazine groups is 1. The summed E-state index contributed by atoms with van der Waals surface area (Å²) in [6, 6.07) is 5.18. The fourth-order valence-corrected chi connectivity index (χ4v) is 2.16. The second kappa shape index (κ2) is 5.19. The number of morpholine rings is 1. The number of hydrogen-bond acceptors (Lipinski definition) is 6. The first-order valence-corrected chi connectivity index (χ1v) is 5.73. The van der Waals surface area contributed by atoms with Crippen molar-refractivity contribution in [2.75, 3.05) is 30.1 Å². The maximum atomic E-state index is 11.2. The quantitative estimate of drug-likeness (QED) is 0.475. The lowest BCUT2D eigenvalue weighted by atomic mass is 10.1. The van der Waals surface area contributed by atoms with Crippen LogP contribution >= 0.6 is 0 Å². The maximum absolute atomic E-state index is 11.2. The van der Waals surface area contributed by atoms with Gasteiger partial charge in [-0.05, 0) is 19.1 Å². The van der Waals surface area contributed by atoms with Crippen LogP contribution in [-0.2, 0) is 4.74 Å². The Labute approximate surface area is 105 Å². The van der Waals surface area contributed by atoms with Gasteiger partial charge in [-0.3, -0.25) is 16.0 Å². The highest BCUT2D eigenvalue weighted by Crippen LogP contribution is 2.36. The molecule has 18 heavy (non-hydrogen) atoms. The molecule has 0 aromatic heterocycles. The minimum absolute atomic E-state index is 0.00810. The molecule has 0 bridgehead atoms. The molecule has 98 valence electrons. The molecule has 1 aliphatic heterocycles. The van der Waals surface area contributed by atoms with Crippen LogP contribution in [-0.4, -0.2) is 30.7 Å². The van der Waals surface area contributed by atoms with Gasteiger partial charge in [0.15, 0.2) is 0 Å². The smallest absolute Gasteiger partial charge is 0.316 e. The van der Waals surface area contributed by atoms with E-state index in [2.05, 4.69) is 5.43 Å². The molecule has 2 rings (SSSR count). The van der Waals surface area contributed by atoms with Crippen LogP contribution < -0.4 is 16.2 Å². The lowest BCUT2D eigenvalue weighted by Gasteiger charge is -2.34. The number of para-hydroxylation sites is 1. The Morgan fingerprint density at radius 1 is 1.61 bits per heavy atom. The van der Waals surface area contributed by atoms with E-state index in [-0.39, 0.29) is 11.7 Å². The highest BCUT2D eigenvalue weighted by atomic mass is 16.6. The van der Waals surface area contributed by atoms with Gasteiger partial charge in [-0.2, -0.15) is 0 Å². The fourth-order valence-electron chi connectivity index (χ4n) is 2.16. The number of anilines is 2. The van der Waals surface area contributed by atoms with Crippen LogP contribution in [0.1, 0.15) is 6.92 Å². The van der Waals surface area contributed by atoms with Gasteiger partial charge in [-0.25, -0.2) is 0 Å². The summed E-state index contributed by atoms with van der Waals surface area (Å²) in [6.45, 7) is 3.75. The van der Waals surface area contributed by atoms with Crippen molar-refractivity contribution in [2.24, 2.45) is 5.84 Å². The van der Waals surface area contributed by atoms with Crippen molar-refractivity contribution in [3.63, 3.8) is 0 Å². The molecule has 1 aliphatic rings. The van der Waals surface area contributed by atoms with Crippen molar-refractivity contribution in [1.82, 2.24) is 0 Å². The lowest BCUT2D eigenvalue weighted by Crippen LogP contribution is -2.44. The van der Waals surface area contributed by atoms with E-state index in [0.29, 0.717) is 31.1 Å². The van der Waals surface area contributed by atoms with Crippen LogP contribution in [0, 0.1) is 10.1 Å². The maximum Gasteiger partial charge on any atom is 0.316 e. The highest BCUT2D eigenvalue weighted by Gasteiger charge is 2.28. The second-order valence-corrected chi connectivity index (χ2v) is 4.19. The molecule has 1 fully saturated rings. The van der Waals surface area contributed by atoms with Crippen molar-refractivity contribution in [3.05, 3.63) is 28.3 Å². The van der Waals surface area contributed by atoms with E-state index in [9.17, 15) is 10.1 Å². The fraction of sp³-hybridized carbons (Fsp3) is 0.455. The zero-order valence-corrected chi connectivity index (χ0v) is 10.1. The van der Waals surface area contributed by atoms with Gasteiger partial charge in [0, 0.05) is 12.6 Å². The van der Waals surface area contributed by atoms with E-state index in [4.69, 9.17) is 10.6 Å². The first-order chi connectivity index (χ1) is 8.65. The summed E-state index contributed by atoms with van der Waals surface area (Å²) in [5, 5.41) is 11.2. The first-order valence-electron chi connectivity index (χ1n) is 5.73. The molecule has 7 nitrogen and oxygen atoms in total. The third kappa shape index (κ3) is 2.22. The Kier molecular flexibility index (Phi) is 3.63. The third-order valence-corrected chi connectivity index (χ3v) is 3.03. The van der Waals surface area contributed by atoms with Gasteiger partial charge < -0.3 is 15.1 Å². The SMILES string of the molecule is CC1COCCN1c1cccc(NN)c1[N+](=O)[O-]. The van der Waals surface area contributed by atoms with Crippen molar-refractivity contribution >= 4 is 17.1 Å². The van der Waals surface area contributed by atoms with E-state index in [1.54, 1.807) is 18.2 Å². The molecule has 7 heteroatoms. The summed E-state index contributed by atoms with van der Waals surface area (Å²) in [5.41, 5.74) is 3.27. The van der Waals surface area contributed by atoms with E-state index in [1.165, 1.54) is 0 Å². The van der Waals surface area contributed by atoms with Crippen LogP contribution in [0.4, 0.5) is 17.1 Å². The molecule has 1 aromatic rings. The van der Waals surface area contributed by atoms with Crippen molar-refractivity contribution in [1.29, 1.82) is 0 Å². The van der Waals surface area contributed by atoms with Gasteiger partial charge in [-0.15, -0.1) is 0 Å². The van der Waals surface area contributed by atoms with Crippen LogP contribution in [0.3, 0.4) is 0 Å². The van der Waals surface area contributed by atoms with Crippen molar-refractivity contribution in [3.8, 4) is 0 Å². The van der Waals surface area contributed by atoms with Gasteiger partial charge in [-0.1, -0.05) is 6.07 Å². The summed E-state index contributed by atoms with van der Waals surface area (Å²) in [7, 11) is 0. The summed E-state index contributed by atoms with van der Waals surface area (Å²) in [5.74, 6) is 5.32. The molecule has 0 spiro atoms. The van der Waals surface area contributed by atoms with Gasteiger partial charge >= 0.3 is 5.69 Å². The number of nitrogen functional groups attached to an aromatic ring is 1. The third-order valence-electron chi connectivity index (χ3n) is 3.03. The second-order valence-electron chi connectivity index (χ2n) is 4.19. The number of nitrogens with one attached hydrogen (secondary N) is 1. The minimum Gasteiger partial charge on any atom is -0.377 e. The Morgan fingerprint density at radius 3 is 3.00 bits per heavy atom. The van der Waals surface area contributed by atoms with Crippen LogP contribution in [0.2, 0.25) is 0 Å². The Hall–Kier alpha value is -1.86. The molecular weight excluding hydrogens is 236 g/mol. The van der Waals surface area contributed by atoms with Crippen molar-refractivity contribution in [2.45, 2.75) is 13.0 Å². The molecule has 0 saturated carbocycles. The van der Waals surface area contributed by atoms with Gasteiger partial charge in [0.25, 0.3) is 0 Å². The predicted molar refractivity (Wildman–Crippen MR) is 68.5 cm³/mol. The van der Waals surface area contributed by atoms with Gasteiger partial charge in [0.1, 0.15) is 11.4 Å². The molecular formula is C11H16N4O3. The molecule has 1 aromatic carbocycles. The Balaban J connectivity index is 2.45. The number of hydrogen-bond donors (Lipinski definition) is 2. The number of nitro benzene ring substituents is 1. The Morgan fingerprint density at radius 2 is 2.39 bits per heavy atom. The summed E-state index contributed by atoms with van der Waals surface area (Å²) in [4.78, 5) is 12.8. The Bertz CT molecular complexity index is 452. The lowest BCUT2D eigenvalue weighted by molar-refractivity contribution is -0.383. The number of nitrogens with two attached hydrogens (primary N) is 1. The highest BCUT2D eigenvalue weighted by molar-refractivity contribution is 5.77. The van der Waals surface area contributed by atoms with E-state index < -0.39 is 4.92 Å². The molecule has 0 amide bonds. The molecule has 0 aliphatic carbocycles. The van der Waals surface area contributed by atoms with Gasteiger partial charge in [0.05, 0.1) is 18.1 Å². The molecule has 0 radical (unpaired) electrons. The number of nitrogens with zero attached hydrogens (tertiary/aromatic N) is 2. The number of ether oxygens (including phenoxy) is 1. The molecule has 1 atom stereocenters. The normalized spacial score (nSPS) is 19.7. The van der Waals surface area contributed by atoms with Crippen LogP contribution in [0.5, 0.6) is 0 Å². The number of nitro groups is 1. The monoisotopic (exact) mass is 252 g/mol. The topological polar surface area (TPSA) is 93.7 Å². The summed E-state index contributed by atoms with van der Waals surface area (Å²) >= 11 is 0. The van der Waals surface area contributed by atoms with E-state index in [0.717, 1.165) is 0 Å². The predicted octanol–water partition coefficient (Wildman–Crippen LogP) is 1.11. The summed E-state index contributed by atoms with van der Waals surface area (Å²) in [6.07, 6.45) is 0. The molecule has 1 saturated heterocycles. The number of benzene rings is 1. The van der Waals surface area contributed by atoms with E-state index >= 15 is 0 Å². The van der Waals surface area contributed by atoms with Crippen LogP contribution in [0.15, 0.2) is 18.2 Å². The average molecular weight is 252 g/mol. The zero-order valence-electron chi connectivity index (χ0n) is 10.1. The zero-order chi connectivity index (χ0) is 13.1. The first kappa shape index (κ1) is 12.6. The standard InChI is InChI=1S/C11H16N4O3/c1-8-7-18-6-5-14(8)10-4-2-3-9(13-12)11(10)15(16)17/h2-4,8,13H,5-7,12H2,1H3. The number of rotatable bonds is 3. The van der Waals surface area contributed by atoms with E-state index in [1.807, 2.05) is 11.8 Å². The summed E-state index contributed by atoms with van der Waals surface area (Å²) < 4.78 is 5.34. The molecule has 1 heterocycles. The van der Waals surface area contributed by atoms with Crippen molar-refractivity contribution < 1.29 is 9.66 Å². The van der Waals surface area contributed by atoms with Crippen LogP contribution in [0.25, 0.3) is 0 Å². The average Bonchev–Trinajstić information content (AvgIpc) is 2.38. The largest absolute Gasteiger partial charge is 0.377 e. The minimum atomic E-state index is -0.410.